The molecule has 0 unspecified atom stereocenters. The first-order chi connectivity index (χ1) is 13.1. The molecule has 1 aromatic heterocycles. The molecular weight excluding hydrogens is 418 g/mol. The lowest BCUT2D eigenvalue weighted by Crippen LogP contribution is -2.06. The first kappa shape index (κ1) is 17.4. The van der Waals surface area contributed by atoms with Gasteiger partial charge in [0.1, 0.15) is 18.1 Å². The number of hydrogen-bond donors (Lipinski definition) is 0. The molecule has 0 amide bonds. The van der Waals surface area contributed by atoms with Crippen LogP contribution in [-0.4, -0.2) is 25.0 Å². The Bertz CT molecular complexity index is 1000. The van der Waals surface area contributed by atoms with Gasteiger partial charge in [0, 0.05) is 16.1 Å². The van der Waals surface area contributed by atoms with Crippen molar-refractivity contribution in [2.45, 2.75) is 6.61 Å². The first-order valence-corrected chi connectivity index (χ1v) is 8.79. The summed E-state index contributed by atoms with van der Waals surface area (Å²) in [5.74, 6) is 1.96. The van der Waals surface area contributed by atoms with Crippen molar-refractivity contribution in [3.63, 3.8) is 0 Å². The van der Waals surface area contributed by atoms with Crippen LogP contribution in [0.5, 0.6) is 17.2 Å². The molecule has 7 nitrogen and oxygen atoms in total. The molecule has 4 rings (SSSR count). The van der Waals surface area contributed by atoms with Crippen molar-refractivity contribution in [3.05, 3.63) is 58.2 Å². The number of rotatable bonds is 5. The van der Waals surface area contributed by atoms with E-state index < -0.39 is 5.97 Å². The van der Waals surface area contributed by atoms with Gasteiger partial charge in [0.05, 0.1) is 12.7 Å². The maximum Gasteiger partial charge on any atom is 0.339 e. The van der Waals surface area contributed by atoms with Crippen molar-refractivity contribution in [2.75, 3.05) is 13.9 Å². The number of carbonyl (C=O) groups excluding carboxylic acids is 1. The highest BCUT2D eigenvalue weighted by molar-refractivity contribution is 9.10. The molecule has 0 N–H and O–H groups in total. The summed E-state index contributed by atoms with van der Waals surface area (Å²) >= 11 is 3.33. The molecule has 0 aliphatic carbocycles. The average molecular weight is 432 g/mol. The first-order valence-electron chi connectivity index (χ1n) is 8.00. The molecule has 3 aromatic rings. The van der Waals surface area contributed by atoms with Crippen molar-refractivity contribution in [1.82, 2.24) is 5.16 Å². The standard InChI is InChI=1S/C19H14BrNO6/c1-23-13-3-4-15(20)14(8-13)19(22)24-9-12-7-17(27-21-12)11-2-5-16-18(6-11)26-10-25-16/h2-8H,9-10H2,1H3. The maximum absolute atomic E-state index is 12.3. The number of methoxy groups -OCH3 is 1. The summed E-state index contributed by atoms with van der Waals surface area (Å²) in [5.41, 5.74) is 1.66. The van der Waals surface area contributed by atoms with Gasteiger partial charge in [-0.2, -0.15) is 0 Å². The van der Waals surface area contributed by atoms with Crippen molar-refractivity contribution in [1.29, 1.82) is 0 Å². The predicted molar refractivity (Wildman–Crippen MR) is 97.9 cm³/mol. The van der Waals surface area contributed by atoms with E-state index in [1.807, 2.05) is 12.1 Å². The zero-order valence-corrected chi connectivity index (χ0v) is 15.8. The molecule has 1 aliphatic rings. The van der Waals surface area contributed by atoms with Gasteiger partial charge in [0.15, 0.2) is 17.3 Å². The van der Waals surface area contributed by atoms with Gasteiger partial charge in [-0.3, -0.25) is 0 Å². The van der Waals surface area contributed by atoms with E-state index in [9.17, 15) is 4.79 Å². The van der Waals surface area contributed by atoms with Crippen molar-refractivity contribution >= 4 is 21.9 Å². The number of benzene rings is 2. The predicted octanol–water partition coefficient (Wildman–Crippen LogP) is 4.20. The van der Waals surface area contributed by atoms with Gasteiger partial charge in [0.2, 0.25) is 6.79 Å². The Morgan fingerprint density at radius 2 is 2.00 bits per heavy atom. The van der Waals surface area contributed by atoms with Gasteiger partial charge < -0.3 is 23.5 Å². The molecule has 0 saturated heterocycles. The minimum atomic E-state index is -0.492. The van der Waals surface area contributed by atoms with E-state index in [1.54, 1.807) is 30.3 Å². The zero-order valence-electron chi connectivity index (χ0n) is 14.2. The van der Waals surface area contributed by atoms with Crippen LogP contribution in [-0.2, 0) is 11.3 Å². The number of carbonyl (C=O) groups is 1. The SMILES string of the molecule is COc1ccc(Br)c(C(=O)OCc2cc(-c3ccc4c(c3)OCO4)on2)c1. The quantitative estimate of drug-likeness (QED) is 0.559. The van der Waals surface area contributed by atoms with Gasteiger partial charge in [-0.1, -0.05) is 5.16 Å². The van der Waals surface area contributed by atoms with Crippen LogP contribution in [0.3, 0.4) is 0 Å². The topological polar surface area (TPSA) is 80.0 Å². The van der Waals surface area contributed by atoms with Crippen LogP contribution in [0.4, 0.5) is 0 Å². The van der Waals surface area contributed by atoms with Gasteiger partial charge >= 0.3 is 5.97 Å². The second-order valence-electron chi connectivity index (χ2n) is 5.67. The van der Waals surface area contributed by atoms with Gasteiger partial charge in [-0.25, -0.2) is 4.79 Å². The summed E-state index contributed by atoms with van der Waals surface area (Å²) in [6.07, 6.45) is 0. The van der Waals surface area contributed by atoms with Crippen LogP contribution in [0.15, 0.2) is 51.5 Å². The third-order valence-corrected chi connectivity index (χ3v) is 4.65. The molecule has 1 aliphatic heterocycles. The highest BCUT2D eigenvalue weighted by atomic mass is 79.9. The van der Waals surface area contributed by atoms with E-state index >= 15 is 0 Å². The lowest BCUT2D eigenvalue weighted by molar-refractivity contribution is 0.0463. The molecule has 0 spiro atoms. The molecule has 0 saturated carbocycles. The average Bonchev–Trinajstić information content (AvgIpc) is 3.35. The van der Waals surface area contributed by atoms with E-state index in [-0.39, 0.29) is 13.4 Å². The fraction of sp³-hybridized carbons (Fsp3) is 0.158. The summed E-state index contributed by atoms with van der Waals surface area (Å²) < 4.78 is 27.1. The fourth-order valence-corrected chi connectivity index (χ4v) is 2.98. The second kappa shape index (κ2) is 7.32. The lowest BCUT2D eigenvalue weighted by Gasteiger charge is -2.07. The molecule has 8 heteroatoms. The van der Waals surface area contributed by atoms with Crippen molar-refractivity contribution in [3.8, 4) is 28.6 Å². The number of fused-ring (bicyclic) bond motifs is 1. The molecular formula is C19H14BrNO6. The molecule has 27 heavy (non-hydrogen) atoms. The van der Waals surface area contributed by atoms with Crippen LogP contribution in [0.25, 0.3) is 11.3 Å². The molecule has 2 aromatic carbocycles. The number of ether oxygens (including phenoxy) is 4. The fourth-order valence-electron chi connectivity index (χ4n) is 2.57. The molecule has 0 radical (unpaired) electrons. The molecule has 2 heterocycles. The number of halogens is 1. The maximum atomic E-state index is 12.3. The van der Waals surface area contributed by atoms with E-state index in [4.69, 9.17) is 23.5 Å². The third kappa shape index (κ3) is 3.61. The Morgan fingerprint density at radius 1 is 1.15 bits per heavy atom. The summed E-state index contributed by atoms with van der Waals surface area (Å²) in [6.45, 7) is 0.187. The Labute approximate surface area is 162 Å². The van der Waals surface area contributed by atoms with Crippen LogP contribution < -0.4 is 14.2 Å². The summed E-state index contributed by atoms with van der Waals surface area (Å²) in [6, 6.07) is 12.3. The summed E-state index contributed by atoms with van der Waals surface area (Å²) in [5, 5.41) is 3.95. The van der Waals surface area contributed by atoms with Gasteiger partial charge in [0.25, 0.3) is 0 Å². The number of nitrogens with zero attached hydrogens (tertiary/aromatic N) is 1. The number of esters is 1. The van der Waals surface area contributed by atoms with Gasteiger partial charge in [-0.15, -0.1) is 0 Å². The Kier molecular flexibility index (Phi) is 4.72. The van der Waals surface area contributed by atoms with E-state index in [1.165, 1.54) is 7.11 Å². The van der Waals surface area contributed by atoms with Crippen molar-refractivity contribution < 1.29 is 28.3 Å². The van der Waals surface area contributed by atoms with Crippen molar-refractivity contribution in [2.24, 2.45) is 0 Å². The summed E-state index contributed by atoms with van der Waals surface area (Å²) in [4.78, 5) is 12.3. The van der Waals surface area contributed by atoms with Crippen LogP contribution >= 0.6 is 15.9 Å². The molecule has 0 bridgehead atoms. The largest absolute Gasteiger partial charge is 0.497 e. The van der Waals surface area contributed by atoms with E-state index in [2.05, 4.69) is 21.1 Å². The summed E-state index contributed by atoms with van der Waals surface area (Å²) in [7, 11) is 1.53. The minimum absolute atomic E-state index is 0.0173. The highest BCUT2D eigenvalue weighted by Gasteiger charge is 2.17. The second-order valence-corrected chi connectivity index (χ2v) is 6.53. The Hall–Kier alpha value is -3.00. The zero-order chi connectivity index (χ0) is 18.8. The minimum Gasteiger partial charge on any atom is -0.497 e. The number of hydrogen-bond acceptors (Lipinski definition) is 7. The molecule has 138 valence electrons. The molecule has 0 fully saturated rings. The van der Waals surface area contributed by atoms with Crippen LogP contribution in [0.1, 0.15) is 16.1 Å². The lowest BCUT2D eigenvalue weighted by atomic mass is 10.1. The van der Waals surface area contributed by atoms with Crippen LogP contribution in [0.2, 0.25) is 0 Å². The monoisotopic (exact) mass is 431 g/mol. The third-order valence-electron chi connectivity index (χ3n) is 3.96. The Balaban J connectivity index is 1.45. The normalized spacial score (nSPS) is 12.1. The van der Waals surface area contributed by atoms with E-state index in [0.717, 1.165) is 5.56 Å². The molecule has 0 atom stereocenters. The number of aromatic nitrogens is 1. The van der Waals surface area contributed by atoms with E-state index in [0.29, 0.717) is 38.7 Å². The smallest absolute Gasteiger partial charge is 0.339 e. The highest BCUT2D eigenvalue weighted by Crippen LogP contribution is 2.36. The Morgan fingerprint density at radius 3 is 2.85 bits per heavy atom. The van der Waals surface area contributed by atoms with Crippen LogP contribution in [0, 0.1) is 0 Å². The van der Waals surface area contributed by atoms with Gasteiger partial charge in [-0.05, 0) is 52.3 Å².